The van der Waals surface area contributed by atoms with Crippen molar-refractivity contribution in [1.29, 1.82) is 0 Å². The normalized spacial score (nSPS) is 18.3. The summed E-state index contributed by atoms with van der Waals surface area (Å²) < 4.78 is 0. The Hall–Kier alpha value is -2.17. The topological polar surface area (TPSA) is 70.5 Å². The number of carbonyl (C=O) groups is 2. The molecule has 0 saturated carbocycles. The number of pyridine rings is 1. The van der Waals surface area contributed by atoms with Gasteiger partial charge in [0.05, 0.1) is 5.56 Å². The lowest BCUT2D eigenvalue weighted by Crippen LogP contribution is -2.28. The minimum atomic E-state index is -1.02. The summed E-state index contributed by atoms with van der Waals surface area (Å²) in [6.07, 6.45) is 8.92. The summed E-state index contributed by atoms with van der Waals surface area (Å²) in [6, 6.07) is 1.68. The zero-order valence-corrected chi connectivity index (χ0v) is 12.2. The molecule has 1 saturated heterocycles. The minimum absolute atomic E-state index is 0.0216. The minimum Gasteiger partial charge on any atom is -0.478 e. The van der Waals surface area contributed by atoms with Gasteiger partial charge >= 0.3 is 5.97 Å². The maximum Gasteiger partial charge on any atom is 0.328 e. The van der Waals surface area contributed by atoms with Crippen molar-refractivity contribution in [1.82, 2.24) is 9.88 Å². The van der Waals surface area contributed by atoms with Crippen molar-refractivity contribution in [2.75, 3.05) is 13.1 Å². The largest absolute Gasteiger partial charge is 0.478 e. The van der Waals surface area contributed by atoms with Crippen LogP contribution in [0.1, 0.15) is 42.1 Å². The molecule has 1 aromatic rings. The summed E-state index contributed by atoms with van der Waals surface area (Å²) in [4.78, 5) is 28.8. The van der Waals surface area contributed by atoms with Gasteiger partial charge in [0.15, 0.2) is 0 Å². The Kier molecular flexibility index (Phi) is 5.09. The lowest BCUT2D eigenvalue weighted by atomic mass is 10.0. The number of aromatic nitrogens is 1. The Morgan fingerprint density at radius 1 is 1.48 bits per heavy atom. The van der Waals surface area contributed by atoms with Crippen LogP contribution in [0.4, 0.5) is 0 Å². The van der Waals surface area contributed by atoms with Crippen molar-refractivity contribution in [3.8, 4) is 0 Å². The molecule has 2 rings (SSSR count). The Morgan fingerprint density at radius 3 is 3.00 bits per heavy atom. The van der Waals surface area contributed by atoms with E-state index in [1.165, 1.54) is 12.3 Å². The molecule has 5 nitrogen and oxygen atoms in total. The van der Waals surface area contributed by atoms with Crippen molar-refractivity contribution >= 4 is 18.0 Å². The third kappa shape index (κ3) is 4.15. The first-order valence-corrected chi connectivity index (χ1v) is 7.25. The van der Waals surface area contributed by atoms with Crippen LogP contribution in [0.25, 0.3) is 6.08 Å². The van der Waals surface area contributed by atoms with Crippen LogP contribution < -0.4 is 0 Å². The molecule has 2 heterocycles. The fourth-order valence-corrected chi connectivity index (χ4v) is 2.68. The van der Waals surface area contributed by atoms with E-state index in [0.717, 1.165) is 38.4 Å². The fraction of sp³-hybridized carbons (Fsp3) is 0.438. The highest BCUT2D eigenvalue weighted by Gasteiger charge is 2.26. The first-order chi connectivity index (χ1) is 10.1. The number of carbonyl (C=O) groups excluding carboxylic acids is 1. The number of carboxylic acids is 1. The molecule has 0 spiro atoms. The van der Waals surface area contributed by atoms with E-state index in [0.29, 0.717) is 17.0 Å². The van der Waals surface area contributed by atoms with Crippen LogP contribution in [0.5, 0.6) is 0 Å². The number of aliphatic carboxylic acids is 1. The van der Waals surface area contributed by atoms with Crippen LogP contribution in [-0.2, 0) is 4.79 Å². The van der Waals surface area contributed by atoms with Crippen molar-refractivity contribution in [2.24, 2.45) is 5.92 Å². The average Bonchev–Trinajstić information content (AvgIpc) is 2.94. The second-order valence-corrected chi connectivity index (χ2v) is 5.37. The number of hydrogen-bond donors (Lipinski definition) is 1. The summed E-state index contributed by atoms with van der Waals surface area (Å²) in [5, 5.41) is 8.62. The quantitative estimate of drug-likeness (QED) is 0.845. The first kappa shape index (κ1) is 15.2. The van der Waals surface area contributed by atoms with E-state index >= 15 is 0 Å². The van der Waals surface area contributed by atoms with Gasteiger partial charge in [0.2, 0.25) is 0 Å². The molecule has 21 heavy (non-hydrogen) atoms. The molecule has 1 amide bonds. The molecule has 112 valence electrons. The van der Waals surface area contributed by atoms with E-state index < -0.39 is 5.97 Å². The Morgan fingerprint density at radius 2 is 2.29 bits per heavy atom. The average molecular weight is 288 g/mol. The van der Waals surface area contributed by atoms with Gasteiger partial charge in [0.1, 0.15) is 0 Å². The van der Waals surface area contributed by atoms with Crippen LogP contribution in [0, 0.1) is 5.92 Å². The highest BCUT2D eigenvalue weighted by Crippen LogP contribution is 2.22. The lowest BCUT2D eigenvalue weighted by molar-refractivity contribution is -0.131. The molecule has 5 heteroatoms. The van der Waals surface area contributed by atoms with Gasteiger partial charge in [-0.1, -0.05) is 13.3 Å². The third-order valence-corrected chi connectivity index (χ3v) is 3.69. The van der Waals surface area contributed by atoms with E-state index in [1.807, 2.05) is 4.90 Å². The zero-order chi connectivity index (χ0) is 15.2. The maximum atomic E-state index is 12.4. The Balaban J connectivity index is 2.06. The summed E-state index contributed by atoms with van der Waals surface area (Å²) in [7, 11) is 0. The smallest absolute Gasteiger partial charge is 0.328 e. The first-order valence-electron chi connectivity index (χ1n) is 7.25. The van der Waals surface area contributed by atoms with Crippen molar-refractivity contribution in [3.05, 3.63) is 35.7 Å². The summed E-state index contributed by atoms with van der Waals surface area (Å²) >= 11 is 0. The molecular weight excluding hydrogens is 268 g/mol. The van der Waals surface area contributed by atoms with Gasteiger partial charge in [-0.3, -0.25) is 9.78 Å². The summed E-state index contributed by atoms with van der Waals surface area (Å²) in [6.45, 7) is 3.76. The van der Waals surface area contributed by atoms with Gasteiger partial charge in [-0.05, 0) is 36.5 Å². The van der Waals surface area contributed by atoms with E-state index in [2.05, 4.69) is 11.9 Å². The van der Waals surface area contributed by atoms with E-state index in [9.17, 15) is 9.59 Å². The van der Waals surface area contributed by atoms with Crippen LogP contribution in [-0.4, -0.2) is 40.0 Å². The van der Waals surface area contributed by atoms with E-state index in [-0.39, 0.29) is 5.91 Å². The SMILES string of the molecule is CCCC1CCN(C(=O)c2cncc(/C=C/C(=O)O)c2)C1. The molecule has 1 aliphatic rings. The van der Waals surface area contributed by atoms with Gasteiger partial charge in [-0.2, -0.15) is 0 Å². The van der Waals surface area contributed by atoms with E-state index in [1.54, 1.807) is 12.3 Å². The van der Waals surface area contributed by atoms with Gasteiger partial charge in [-0.15, -0.1) is 0 Å². The molecule has 1 atom stereocenters. The van der Waals surface area contributed by atoms with Gasteiger partial charge in [0.25, 0.3) is 5.91 Å². The van der Waals surface area contributed by atoms with Crippen molar-refractivity contribution in [3.63, 3.8) is 0 Å². The zero-order valence-electron chi connectivity index (χ0n) is 12.2. The number of carboxylic acid groups (broad SMARTS) is 1. The molecule has 0 aliphatic carbocycles. The molecule has 0 radical (unpaired) electrons. The predicted molar refractivity (Wildman–Crippen MR) is 79.8 cm³/mol. The monoisotopic (exact) mass is 288 g/mol. The molecule has 1 aromatic heterocycles. The molecule has 1 aliphatic heterocycles. The van der Waals surface area contributed by atoms with E-state index in [4.69, 9.17) is 5.11 Å². The number of likely N-dealkylation sites (tertiary alicyclic amines) is 1. The van der Waals surface area contributed by atoms with Gasteiger partial charge < -0.3 is 10.0 Å². The van der Waals surface area contributed by atoms with Crippen LogP contribution >= 0.6 is 0 Å². The molecular formula is C16H20N2O3. The number of nitrogens with zero attached hydrogens (tertiary/aromatic N) is 2. The summed E-state index contributed by atoms with van der Waals surface area (Å²) in [5.41, 5.74) is 1.13. The van der Waals surface area contributed by atoms with Gasteiger partial charge in [-0.25, -0.2) is 4.79 Å². The molecule has 1 N–H and O–H groups in total. The highest BCUT2D eigenvalue weighted by atomic mass is 16.4. The van der Waals surface area contributed by atoms with Crippen molar-refractivity contribution < 1.29 is 14.7 Å². The fourth-order valence-electron chi connectivity index (χ4n) is 2.68. The third-order valence-electron chi connectivity index (χ3n) is 3.69. The van der Waals surface area contributed by atoms with Gasteiger partial charge in [0, 0.05) is 31.6 Å². The number of hydrogen-bond acceptors (Lipinski definition) is 3. The molecule has 1 fully saturated rings. The predicted octanol–water partition coefficient (Wildman–Crippen LogP) is 2.44. The highest BCUT2D eigenvalue weighted by molar-refractivity contribution is 5.95. The summed E-state index contributed by atoms with van der Waals surface area (Å²) in [5.74, 6) is -0.442. The molecule has 1 unspecified atom stereocenters. The van der Waals surface area contributed by atoms with Crippen LogP contribution in [0.2, 0.25) is 0 Å². The Labute approximate surface area is 124 Å². The van der Waals surface area contributed by atoms with Crippen LogP contribution in [0.15, 0.2) is 24.5 Å². The second-order valence-electron chi connectivity index (χ2n) is 5.37. The number of amides is 1. The Bertz CT molecular complexity index is 554. The molecule has 0 bridgehead atoms. The second kappa shape index (κ2) is 7.02. The maximum absolute atomic E-state index is 12.4. The lowest BCUT2D eigenvalue weighted by Gasteiger charge is -2.16. The standard InChI is InChI=1S/C16H20N2O3/c1-2-3-12-6-7-18(11-12)16(21)14-8-13(9-17-10-14)4-5-15(19)20/h4-5,8-10,12H,2-3,6-7,11H2,1H3,(H,19,20)/b5-4+. The van der Waals surface area contributed by atoms with Crippen molar-refractivity contribution in [2.45, 2.75) is 26.2 Å². The van der Waals surface area contributed by atoms with Crippen LogP contribution in [0.3, 0.4) is 0 Å². The molecule has 0 aromatic carbocycles. The number of rotatable bonds is 5.